The van der Waals surface area contributed by atoms with E-state index in [1.807, 2.05) is 24.3 Å². The number of rotatable bonds is 4. The normalized spacial score (nSPS) is 16.0. The molecule has 202 valence electrons. The summed E-state index contributed by atoms with van der Waals surface area (Å²) in [6.07, 6.45) is 2.96. The van der Waals surface area contributed by atoms with Crippen molar-refractivity contribution in [3.63, 3.8) is 0 Å². The van der Waals surface area contributed by atoms with Crippen LogP contribution in [0.4, 0.5) is 5.69 Å². The maximum Gasteiger partial charge on any atom is 0.231 e. The number of hydrogen-bond donors (Lipinski definition) is 1. The number of halogens is 2. The van der Waals surface area contributed by atoms with E-state index in [4.69, 9.17) is 25.8 Å². The summed E-state index contributed by atoms with van der Waals surface area (Å²) in [5.41, 5.74) is 5.83. The van der Waals surface area contributed by atoms with E-state index in [1.165, 1.54) is 5.56 Å². The number of aromatic nitrogens is 1. The van der Waals surface area contributed by atoms with E-state index >= 15 is 0 Å². The topological polar surface area (TPSA) is 58.3 Å². The summed E-state index contributed by atoms with van der Waals surface area (Å²) in [6.45, 7) is 5.59. The molecule has 4 aromatic rings. The molecule has 0 saturated carbocycles. The Morgan fingerprint density at radius 2 is 1.79 bits per heavy atom. The zero-order valence-electron chi connectivity index (χ0n) is 21.6. The zero-order chi connectivity index (χ0) is 25.8. The molecule has 0 radical (unpaired) electrons. The van der Waals surface area contributed by atoms with Gasteiger partial charge in [0.15, 0.2) is 35.7 Å². The van der Waals surface area contributed by atoms with Gasteiger partial charge in [-0.15, -0.1) is 0 Å². The fraction of sp³-hybridized carbons (Fsp3) is 0.300. The first kappa shape index (κ1) is 25.9. The minimum absolute atomic E-state index is 0. The van der Waals surface area contributed by atoms with Crippen molar-refractivity contribution in [1.29, 1.82) is 0 Å². The lowest BCUT2D eigenvalue weighted by atomic mass is 9.94. The number of anilines is 1. The van der Waals surface area contributed by atoms with Gasteiger partial charge in [0.05, 0.1) is 18.1 Å². The van der Waals surface area contributed by atoms with Gasteiger partial charge in [0.1, 0.15) is 0 Å². The van der Waals surface area contributed by atoms with E-state index < -0.39 is 0 Å². The summed E-state index contributed by atoms with van der Waals surface area (Å²) in [4.78, 5) is 4.84. The van der Waals surface area contributed by atoms with Crippen LogP contribution in [-0.4, -0.2) is 50.1 Å². The van der Waals surface area contributed by atoms with Crippen molar-refractivity contribution in [3.05, 3.63) is 70.9 Å². The van der Waals surface area contributed by atoms with Crippen molar-refractivity contribution in [2.24, 2.45) is 0 Å². The first-order valence-corrected chi connectivity index (χ1v) is 13.4. The van der Waals surface area contributed by atoms with Crippen LogP contribution in [0.5, 0.6) is 23.0 Å². The fourth-order valence-electron chi connectivity index (χ4n) is 5.94. The van der Waals surface area contributed by atoms with Gasteiger partial charge in [-0.05, 0) is 47.5 Å². The van der Waals surface area contributed by atoms with Gasteiger partial charge < -0.3 is 36.6 Å². The molecule has 1 N–H and O–H groups in total. The molecule has 0 amide bonds. The Labute approximate surface area is 238 Å². The molecule has 39 heavy (non-hydrogen) atoms. The molecule has 0 atom stereocenters. The van der Waals surface area contributed by atoms with E-state index in [0.29, 0.717) is 5.75 Å². The lowest BCUT2D eigenvalue weighted by molar-refractivity contribution is -0.686. The number of phenols is 1. The van der Waals surface area contributed by atoms with Crippen LogP contribution < -0.4 is 36.1 Å². The molecule has 1 saturated heterocycles. The quantitative estimate of drug-likeness (QED) is 0.381. The summed E-state index contributed by atoms with van der Waals surface area (Å²) in [5.74, 6) is 2.29. The van der Waals surface area contributed by atoms with E-state index in [-0.39, 0.29) is 24.9 Å². The van der Waals surface area contributed by atoms with Gasteiger partial charge in [-0.1, -0.05) is 17.7 Å². The summed E-state index contributed by atoms with van der Waals surface area (Å²) in [6, 6.07) is 16.5. The summed E-state index contributed by atoms with van der Waals surface area (Å²) < 4.78 is 19.1. The Kier molecular flexibility index (Phi) is 6.83. The first-order chi connectivity index (χ1) is 18.6. The monoisotopic (exact) mass is 565 g/mol. The molecule has 3 aliphatic heterocycles. The van der Waals surface area contributed by atoms with Gasteiger partial charge in [-0.25, -0.2) is 0 Å². The van der Waals surface area contributed by atoms with Crippen LogP contribution in [0.25, 0.3) is 22.0 Å². The highest BCUT2D eigenvalue weighted by atomic mass is 35.5. The molecular weight excluding hydrogens is 537 g/mol. The number of aryl methyl sites for hydroxylation is 2. The Morgan fingerprint density at radius 3 is 2.56 bits per heavy atom. The minimum Gasteiger partial charge on any atom is -1.00 e. The maximum atomic E-state index is 11.1. The summed E-state index contributed by atoms with van der Waals surface area (Å²) in [5, 5.41) is 13.7. The van der Waals surface area contributed by atoms with Crippen LogP contribution in [0.3, 0.4) is 0 Å². The number of phenolic OH excluding ortho intramolecular Hbond substituents is 1. The number of hydrogen-bond acceptors (Lipinski definition) is 6. The van der Waals surface area contributed by atoms with Crippen LogP contribution in [0.15, 0.2) is 54.7 Å². The van der Waals surface area contributed by atoms with Crippen molar-refractivity contribution in [2.45, 2.75) is 19.5 Å². The van der Waals surface area contributed by atoms with Crippen molar-refractivity contribution in [3.8, 4) is 34.3 Å². The number of ether oxygens (including phenoxy) is 3. The molecule has 3 aliphatic rings. The largest absolute Gasteiger partial charge is 1.00 e. The smallest absolute Gasteiger partial charge is 0.231 e. The molecule has 4 heterocycles. The van der Waals surface area contributed by atoms with Gasteiger partial charge in [0, 0.05) is 61.3 Å². The number of fused-ring (bicyclic) bond motifs is 5. The lowest BCUT2D eigenvalue weighted by Gasteiger charge is -2.36. The number of methoxy groups -OCH3 is 1. The maximum absolute atomic E-state index is 11.1. The third-order valence-electron chi connectivity index (χ3n) is 7.96. The average molecular weight is 566 g/mol. The second-order valence-corrected chi connectivity index (χ2v) is 10.6. The predicted octanol–water partition coefficient (Wildman–Crippen LogP) is 1.77. The van der Waals surface area contributed by atoms with Crippen LogP contribution in [-0.2, 0) is 19.5 Å². The SMILES string of the molecule is COc1cc(CN2CCN(c3cccc(Cl)c3)CC2)c2cc3[n+](cc2c1O)CCc1cc2c(cc1-3)OCO2.[Cl-]. The standard InChI is InChI=1S/C30H28ClN3O4.ClH/c1-36-29-12-20(16-32-7-9-33(10-8-32)22-4-2-3-21(31)13-22)23-14-26-24-15-28-27(37-18-38-28)11-19(24)5-6-34(26)17-25(23)30(29)35;/h2-4,11-15,17H,5-10,16,18H2,1H3;1H. The van der Waals surface area contributed by atoms with Gasteiger partial charge >= 0.3 is 0 Å². The highest BCUT2D eigenvalue weighted by Crippen LogP contribution is 2.42. The Hall–Kier alpha value is -3.39. The molecule has 9 heteroatoms. The molecule has 0 aliphatic carbocycles. The molecular formula is C30H29Cl2N3O4. The molecule has 0 unspecified atom stereocenters. The summed E-state index contributed by atoms with van der Waals surface area (Å²) >= 11 is 6.22. The van der Waals surface area contributed by atoms with Crippen LogP contribution in [0.1, 0.15) is 11.1 Å². The number of benzene rings is 3. The average Bonchev–Trinajstić information content (AvgIpc) is 3.40. The molecule has 7 nitrogen and oxygen atoms in total. The van der Waals surface area contributed by atoms with Crippen LogP contribution >= 0.6 is 11.6 Å². The van der Waals surface area contributed by atoms with Crippen molar-refractivity contribution in [1.82, 2.24) is 4.90 Å². The third-order valence-corrected chi connectivity index (χ3v) is 8.20. The third kappa shape index (κ3) is 4.58. The van der Waals surface area contributed by atoms with Gasteiger partial charge in [-0.3, -0.25) is 4.90 Å². The molecule has 7 rings (SSSR count). The van der Waals surface area contributed by atoms with E-state index in [0.717, 1.165) is 95.5 Å². The molecule has 1 aromatic heterocycles. The molecule has 0 spiro atoms. The fourth-order valence-corrected chi connectivity index (χ4v) is 6.12. The van der Waals surface area contributed by atoms with Crippen LogP contribution in [0, 0.1) is 0 Å². The Balaban J connectivity index is 0.00000277. The lowest BCUT2D eigenvalue weighted by Crippen LogP contribution is -3.00. The highest BCUT2D eigenvalue weighted by molar-refractivity contribution is 6.30. The molecule has 3 aromatic carbocycles. The number of piperazine rings is 1. The predicted molar refractivity (Wildman–Crippen MR) is 147 cm³/mol. The second-order valence-electron chi connectivity index (χ2n) is 10.1. The second kappa shape index (κ2) is 10.3. The summed E-state index contributed by atoms with van der Waals surface area (Å²) in [7, 11) is 1.61. The zero-order valence-corrected chi connectivity index (χ0v) is 23.1. The van der Waals surface area contributed by atoms with Gasteiger partial charge in [-0.2, -0.15) is 4.57 Å². The van der Waals surface area contributed by atoms with Crippen LogP contribution in [0.2, 0.25) is 5.02 Å². The first-order valence-electron chi connectivity index (χ1n) is 13.0. The van der Waals surface area contributed by atoms with E-state index in [1.54, 1.807) is 7.11 Å². The molecule has 1 fully saturated rings. The number of nitrogens with zero attached hydrogens (tertiary/aromatic N) is 3. The van der Waals surface area contributed by atoms with Crippen molar-refractivity contribution in [2.75, 3.05) is 45.0 Å². The number of pyridine rings is 1. The Morgan fingerprint density at radius 1 is 1.00 bits per heavy atom. The Bertz CT molecular complexity index is 1570. The highest BCUT2D eigenvalue weighted by Gasteiger charge is 2.29. The van der Waals surface area contributed by atoms with Crippen molar-refractivity contribution >= 4 is 28.1 Å². The van der Waals surface area contributed by atoms with Gasteiger partial charge in [0.2, 0.25) is 12.5 Å². The van der Waals surface area contributed by atoms with Gasteiger partial charge in [0.25, 0.3) is 0 Å². The number of aromatic hydroxyl groups is 1. The van der Waals surface area contributed by atoms with E-state index in [9.17, 15) is 5.11 Å². The van der Waals surface area contributed by atoms with Crippen molar-refractivity contribution < 1.29 is 36.3 Å². The molecule has 0 bridgehead atoms. The van der Waals surface area contributed by atoms with E-state index in [2.05, 4.69) is 44.8 Å². The minimum atomic E-state index is 0.